The number of rotatable bonds is 5. The van der Waals surface area contributed by atoms with Gasteiger partial charge in [-0.15, -0.1) is 0 Å². The van der Waals surface area contributed by atoms with Crippen molar-refractivity contribution in [1.29, 1.82) is 0 Å². The van der Waals surface area contributed by atoms with E-state index < -0.39 is 11.6 Å². The predicted molar refractivity (Wildman–Crippen MR) is 133 cm³/mol. The minimum absolute atomic E-state index is 0.00637. The van der Waals surface area contributed by atoms with E-state index in [-0.39, 0.29) is 24.2 Å². The first kappa shape index (κ1) is 22.8. The monoisotopic (exact) mass is 474 g/mol. The normalized spacial score (nSPS) is 20.2. The molecule has 0 aliphatic carbocycles. The number of amides is 2. The Hall–Kier alpha value is -2.99. The molecule has 0 radical (unpaired) electrons. The van der Waals surface area contributed by atoms with Gasteiger partial charge in [-0.25, -0.2) is 4.90 Å². The summed E-state index contributed by atoms with van der Waals surface area (Å²) in [6.07, 6.45) is 1.62. The Morgan fingerprint density at radius 3 is 1.85 bits per heavy atom. The van der Waals surface area contributed by atoms with E-state index in [9.17, 15) is 14.7 Å². The number of hydrogen-bond acceptors (Lipinski definition) is 4. The summed E-state index contributed by atoms with van der Waals surface area (Å²) in [6, 6.07) is 25.9. The molecule has 2 aliphatic heterocycles. The van der Waals surface area contributed by atoms with Gasteiger partial charge in [0, 0.05) is 5.02 Å². The third kappa shape index (κ3) is 4.05. The Kier molecular flexibility index (Phi) is 6.26. The Morgan fingerprint density at radius 2 is 1.32 bits per heavy atom. The van der Waals surface area contributed by atoms with Gasteiger partial charge in [0.05, 0.1) is 18.2 Å². The average molecular weight is 475 g/mol. The smallest absolute Gasteiger partial charge is 0.251 e. The minimum Gasteiger partial charge on any atom is -0.380 e. The topological polar surface area (TPSA) is 60.9 Å². The summed E-state index contributed by atoms with van der Waals surface area (Å²) in [7, 11) is 0. The van der Waals surface area contributed by atoms with Gasteiger partial charge in [-0.2, -0.15) is 0 Å². The maximum Gasteiger partial charge on any atom is 0.251 e. The van der Waals surface area contributed by atoms with E-state index in [4.69, 9.17) is 11.6 Å². The number of anilines is 1. The molecule has 0 bridgehead atoms. The zero-order valence-electron chi connectivity index (χ0n) is 18.8. The fourth-order valence-corrected chi connectivity index (χ4v) is 5.54. The number of aliphatic hydroxyl groups is 1. The summed E-state index contributed by atoms with van der Waals surface area (Å²) in [5.74, 6) is -0.384. The molecule has 5 nitrogen and oxygen atoms in total. The second-order valence-electron chi connectivity index (χ2n) is 9.07. The number of piperidine rings is 1. The zero-order valence-corrected chi connectivity index (χ0v) is 19.6. The van der Waals surface area contributed by atoms with Crippen LogP contribution in [0.25, 0.3) is 0 Å². The lowest BCUT2D eigenvalue weighted by Gasteiger charge is -2.43. The van der Waals surface area contributed by atoms with E-state index in [1.807, 2.05) is 60.7 Å². The highest BCUT2D eigenvalue weighted by atomic mass is 35.5. The standard InChI is InChI=1S/C28H27ClN2O3/c29-23-11-13-24(14-12-23)31-26(32)19-25(27(31)33)30-17-15-22(16-18-30)28(34,20-7-3-1-4-8-20)21-9-5-2-6-10-21/h1-14,22,25,34H,15-19H2/t25-/m1/s1. The summed E-state index contributed by atoms with van der Waals surface area (Å²) >= 11 is 5.96. The number of carbonyl (C=O) groups excluding carboxylic acids is 2. The van der Waals surface area contributed by atoms with E-state index in [2.05, 4.69) is 4.90 Å². The number of hydrogen-bond donors (Lipinski definition) is 1. The predicted octanol–water partition coefficient (Wildman–Crippen LogP) is 4.62. The molecule has 0 spiro atoms. The summed E-state index contributed by atoms with van der Waals surface area (Å²) in [5, 5.41) is 12.6. The fourth-order valence-electron chi connectivity index (χ4n) is 5.41. The lowest BCUT2D eigenvalue weighted by Crippen LogP contribution is -2.49. The van der Waals surface area contributed by atoms with Gasteiger partial charge in [0.25, 0.3) is 5.91 Å². The van der Waals surface area contributed by atoms with E-state index in [1.54, 1.807) is 24.3 Å². The summed E-state index contributed by atoms with van der Waals surface area (Å²) < 4.78 is 0. The van der Waals surface area contributed by atoms with Gasteiger partial charge >= 0.3 is 0 Å². The molecule has 2 heterocycles. The van der Waals surface area contributed by atoms with E-state index in [0.717, 1.165) is 24.0 Å². The first-order valence-corrected chi connectivity index (χ1v) is 12.1. The molecule has 34 heavy (non-hydrogen) atoms. The van der Waals surface area contributed by atoms with Gasteiger partial charge < -0.3 is 5.11 Å². The highest BCUT2D eigenvalue weighted by Crippen LogP contribution is 2.42. The first-order valence-electron chi connectivity index (χ1n) is 11.7. The van der Waals surface area contributed by atoms with Crippen molar-refractivity contribution >= 4 is 29.1 Å². The van der Waals surface area contributed by atoms with Gasteiger partial charge in [-0.1, -0.05) is 72.3 Å². The average Bonchev–Trinajstić information content (AvgIpc) is 3.19. The maximum atomic E-state index is 13.2. The first-order chi connectivity index (χ1) is 16.5. The van der Waals surface area contributed by atoms with Gasteiger partial charge in [0.15, 0.2) is 0 Å². The molecule has 1 atom stereocenters. The van der Waals surface area contributed by atoms with Gasteiger partial charge in [0.2, 0.25) is 5.91 Å². The van der Waals surface area contributed by atoms with Gasteiger partial charge in [-0.05, 0) is 67.2 Å². The zero-order chi connectivity index (χ0) is 23.7. The highest BCUT2D eigenvalue weighted by molar-refractivity contribution is 6.30. The molecule has 3 aromatic carbocycles. The quantitative estimate of drug-likeness (QED) is 0.548. The van der Waals surface area contributed by atoms with Crippen molar-refractivity contribution in [2.75, 3.05) is 18.0 Å². The van der Waals surface area contributed by atoms with Crippen molar-refractivity contribution in [2.24, 2.45) is 5.92 Å². The SMILES string of the molecule is O=C1C[C@@H](N2CCC(C(O)(c3ccccc3)c3ccccc3)CC2)C(=O)N1c1ccc(Cl)cc1. The van der Waals surface area contributed by atoms with Crippen LogP contribution in [-0.4, -0.2) is 41.0 Å². The largest absolute Gasteiger partial charge is 0.380 e. The van der Waals surface area contributed by atoms with Crippen LogP contribution in [0.1, 0.15) is 30.4 Å². The van der Waals surface area contributed by atoms with Crippen LogP contribution < -0.4 is 4.90 Å². The molecule has 2 saturated heterocycles. The lowest BCUT2D eigenvalue weighted by molar-refractivity contribution is -0.123. The minimum atomic E-state index is -1.11. The van der Waals surface area contributed by atoms with Crippen LogP contribution in [-0.2, 0) is 15.2 Å². The molecule has 3 aromatic rings. The third-order valence-electron chi connectivity index (χ3n) is 7.20. The van der Waals surface area contributed by atoms with E-state index >= 15 is 0 Å². The molecule has 5 rings (SSSR count). The second kappa shape index (κ2) is 9.34. The molecule has 2 amide bonds. The molecule has 2 aliphatic rings. The molecular weight excluding hydrogens is 448 g/mol. The lowest BCUT2D eigenvalue weighted by atomic mass is 9.72. The van der Waals surface area contributed by atoms with Crippen LogP contribution in [0.3, 0.4) is 0 Å². The molecule has 0 unspecified atom stereocenters. The second-order valence-corrected chi connectivity index (χ2v) is 9.51. The maximum absolute atomic E-state index is 13.2. The number of carbonyl (C=O) groups is 2. The van der Waals surface area contributed by atoms with Crippen LogP contribution in [0.15, 0.2) is 84.9 Å². The van der Waals surface area contributed by atoms with Crippen LogP contribution >= 0.6 is 11.6 Å². The van der Waals surface area contributed by atoms with Crippen LogP contribution in [0.5, 0.6) is 0 Å². The summed E-state index contributed by atoms with van der Waals surface area (Å²) in [4.78, 5) is 29.3. The van der Waals surface area contributed by atoms with Crippen LogP contribution in [0.4, 0.5) is 5.69 Å². The fraction of sp³-hybridized carbons (Fsp3) is 0.286. The highest BCUT2D eigenvalue weighted by Gasteiger charge is 2.46. The van der Waals surface area contributed by atoms with Crippen molar-refractivity contribution in [3.8, 4) is 0 Å². The Labute approximate surface area is 204 Å². The number of imide groups is 1. The molecular formula is C28H27ClN2O3. The Bertz CT molecular complexity index is 1120. The van der Waals surface area contributed by atoms with Gasteiger partial charge in [0.1, 0.15) is 5.60 Å². The number of likely N-dealkylation sites (tertiary alicyclic amines) is 1. The summed E-state index contributed by atoms with van der Waals surface area (Å²) in [6.45, 7) is 1.29. The molecule has 174 valence electrons. The third-order valence-corrected chi connectivity index (χ3v) is 7.45. The number of halogens is 1. The van der Waals surface area contributed by atoms with E-state index in [1.165, 1.54) is 4.90 Å². The molecule has 6 heteroatoms. The van der Waals surface area contributed by atoms with Gasteiger partial charge in [-0.3, -0.25) is 14.5 Å². The van der Waals surface area contributed by atoms with Crippen molar-refractivity contribution in [1.82, 2.24) is 4.90 Å². The molecule has 0 aromatic heterocycles. The van der Waals surface area contributed by atoms with Crippen LogP contribution in [0.2, 0.25) is 5.02 Å². The molecule has 0 saturated carbocycles. The van der Waals surface area contributed by atoms with Crippen molar-refractivity contribution in [3.05, 3.63) is 101 Å². The van der Waals surface area contributed by atoms with Crippen molar-refractivity contribution in [2.45, 2.75) is 30.9 Å². The Balaban J connectivity index is 1.34. The van der Waals surface area contributed by atoms with Crippen molar-refractivity contribution < 1.29 is 14.7 Å². The Morgan fingerprint density at radius 1 is 0.794 bits per heavy atom. The van der Waals surface area contributed by atoms with E-state index in [0.29, 0.717) is 23.8 Å². The molecule has 1 N–H and O–H groups in total. The van der Waals surface area contributed by atoms with Crippen molar-refractivity contribution in [3.63, 3.8) is 0 Å². The number of nitrogens with zero attached hydrogens (tertiary/aromatic N) is 2. The summed E-state index contributed by atoms with van der Waals surface area (Å²) in [5.41, 5.74) is 1.19. The van der Waals surface area contributed by atoms with Crippen LogP contribution in [0, 0.1) is 5.92 Å². The number of benzene rings is 3. The molecule has 2 fully saturated rings.